The van der Waals surface area contributed by atoms with E-state index in [0.29, 0.717) is 0 Å². The summed E-state index contributed by atoms with van der Waals surface area (Å²) >= 11 is 5.09. The van der Waals surface area contributed by atoms with E-state index in [0.717, 1.165) is 5.56 Å². The van der Waals surface area contributed by atoms with Crippen molar-refractivity contribution in [1.29, 1.82) is 0 Å². The largest absolute Gasteiger partial charge is 0.478 e. The highest BCUT2D eigenvalue weighted by Gasteiger charge is 1.99. The van der Waals surface area contributed by atoms with Gasteiger partial charge in [0.1, 0.15) is 0 Å². The smallest absolute Gasteiger partial charge is 0.335 e. The minimum atomic E-state index is -0.978. The monoisotopic (exact) mass is 210 g/mol. The van der Waals surface area contributed by atoms with Gasteiger partial charge in [0.15, 0.2) is 0 Å². The van der Waals surface area contributed by atoms with E-state index in [2.05, 4.69) is 0 Å². The Morgan fingerprint density at radius 2 is 1.79 bits per heavy atom. The van der Waals surface area contributed by atoms with Crippen LogP contribution in [-0.4, -0.2) is 16.3 Å². The SMILES string of the molecule is O=C(Cl)/C=C/c1ccc(C(=O)O)cc1. The van der Waals surface area contributed by atoms with E-state index in [1.54, 1.807) is 12.1 Å². The number of carboxylic acids is 1. The minimum absolute atomic E-state index is 0.208. The van der Waals surface area contributed by atoms with Gasteiger partial charge in [0, 0.05) is 0 Å². The van der Waals surface area contributed by atoms with Gasteiger partial charge >= 0.3 is 5.97 Å². The van der Waals surface area contributed by atoms with Gasteiger partial charge in [-0.05, 0) is 35.4 Å². The molecule has 0 unspecified atom stereocenters. The molecular weight excluding hydrogens is 204 g/mol. The third-order valence-electron chi connectivity index (χ3n) is 1.56. The Morgan fingerprint density at radius 3 is 2.21 bits per heavy atom. The van der Waals surface area contributed by atoms with Crippen LogP contribution in [-0.2, 0) is 4.79 Å². The Hall–Kier alpha value is -1.61. The molecule has 0 aliphatic heterocycles. The number of hydrogen-bond acceptors (Lipinski definition) is 2. The van der Waals surface area contributed by atoms with E-state index in [1.807, 2.05) is 0 Å². The Labute approximate surface area is 85.6 Å². The van der Waals surface area contributed by atoms with Crippen molar-refractivity contribution in [2.45, 2.75) is 0 Å². The summed E-state index contributed by atoms with van der Waals surface area (Å²) in [5.41, 5.74) is 0.934. The van der Waals surface area contributed by atoms with E-state index in [-0.39, 0.29) is 5.56 Å². The molecule has 0 aliphatic carbocycles. The van der Waals surface area contributed by atoms with Crippen molar-refractivity contribution in [2.75, 3.05) is 0 Å². The molecule has 1 rings (SSSR count). The predicted octanol–water partition coefficient (Wildman–Crippen LogP) is 2.16. The summed E-state index contributed by atoms with van der Waals surface area (Å²) in [6, 6.07) is 6.11. The normalized spacial score (nSPS) is 10.4. The molecular formula is C10H7ClO3. The van der Waals surface area contributed by atoms with Crippen molar-refractivity contribution < 1.29 is 14.7 Å². The van der Waals surface area contributed by atoms with Crippen LogP contribution in [0.15, 0.2) is 30.3 Å². The lowest BCUT2D eigenvalue weighted by Gasteiger charge is -1.94. The van der Waals surface area contributed by atoms with Crippen molar-refractivity contribution in [1.82, 2.24) is 0 Å². The summed E-state index contributed by atoms with van der Waals surface area (Å²) in [5, 5.41) is 8.04. The zero-order valence-corrected chi connectivity index (χ0v) is 7.86. The van der Waals surface area contributed by atoms with E-state index in [1.165, 1.54) is 24.3 Å². The van der Waals surface area contributed by atoms with E-state index < -0.39 is 11.2 Å². The maximum atomic E-state index is 10.5. The quantitative estimate of drug-likeness (QED) is 0.615. The van der Waals surface area contributed by atoms with Gasteiger partial charge in [-0.25, -0.2) is 4.79 Å². The van der Waals surface area contributed by atoms with Crippen LogP contribution in [0.25, 0.3) is 6.08 Å². The van der Waals surface area contributed by atoms with Crippen LogP contribution >= 0.6 is 11.6 Å². The topological polar surface area (TPSA) is 54.4 Å². The highest BCUT2D eigenvalue weighted by atomic mass is 35.5. The van der Waals surface area contributed by atoms with Gasteiger partial charge in [-0.2, -0.15) is 0 Å². The van der Waals surface area contributed by atoms with Gasteiger partial charge in [0.2, 0.25) is 5.24 Å². The minimum Gasteiger partial charge on any atom is -0.478 e. The van der Waals surface area contributed by atoms with Crippen LogP contribution in [0.5, 0.6) is 0 Å². The van der Waals surface area contributed by atoms with Crippen LogP contribution in [0.1, 0.15) is 15.9 Å². The third-order valence-corrected chi connectivity index (χ3v) is 1.69. The number of hydrogen-bond donors (Lipinski definition) is 1. The summed E-state index contributed by atoms with van der Waals surface area (Å²) in [7, 11) is 0. The van der Waals surface area contributed by atoms with E-state index in [9.17, 15) is 9.59 Å². The first-order valence-corrected chi connectivity index (χ1v) is 4.18. The lowest BCUT2D eigenvalue weighted by molar-refractivity contribution is -0.107. The van der Waals surface area contributed by atoms with Gasteiger partial charge in [0.05, 0.1) is 5.56 Å². The second-order valence-corrected chi connectivity index (χ2v) is 2.94. The summed E-state index contributed by atoms with van der Waals surface area (Å²) in [6.45, 7) is 0. The number of rotatable bonds is 3. The standard InChI is InChI=1S/C10H7ClO3/c11-9(12)6-3-7-1-4-8(5-2-7)10(13)14/h1-6H,(H,13,14)/b6-3+. The molecule has 1 N–H and O–H groups in total. The molecule has 14 heavy (non-hydrogen) atoms. The van der Waals surface area contributed by atoms with Crippen molar-refractivity contribution in [2.24, 2.45) is 0 Å². The molecule has 0 heterocycles. The van der Waals surface area contributed by atoms with Gasteiger partial charge in [-0.15, -0.1) is 0 Å². The number of carbonyl (C=O) groups excluding carboxylic acids is 1. The van der Waals surface area contributed by atoms with Gasteiger partial charge in [0.25, 0.3) is 0 Å². The van der Waals surface area contributed by atoms with Crippen molar-refractivity contribution in [3.8, 4) is 0 Å². The predicted molar refractivity (Wildman–Crippen MR) is 53.3 cm³/mol. The molecule has 72 valence electrons. The van der Waals surface area contributed by atoms with E-state index >= 15 is 0 Å². The molecule has 0 aromatic heterocycles. The zero-order valence-electron chi connectivity index (χ0n) is 7.11. The fraction of sp³-hybridized carbons (Fsp3) is 0. The molecule has 0 saturated heterocycles. The molecule has 0 spiro atoms. The summed E-state index contributed by atoms with van der Waals surface area (Å²) in [6.07, 6.45) is 2.72. The lowest BCUT2D eigenvalue weighted by Crippen LogP contribution is -1.94. The molecule has 0 atom stereocenters. The van der Waals surface area contributed by atoms with Crippen molar-refractivity contribution in [3.63, 3.8) is 0 Å². The lowest BCUT2D eigenvalue weighted by atomic mass is 10.1. The highest BCUT2D eigenvalue weighted by Crippen LogP contribution is 2.06. The van der Waals surface area contributed by atoms with E-state index in [4.69, 9.17) is 16.7 Å². The summed E-state index contributed by atoms with van der Waals surface area (Å²) in [5.74, 6) is -0.978. The molecule has 0 aliphatic rings. The van der Waals surface area contributed by atoms with Gasteiger partial charge in [-0.3, -0.25) is 4.79 Å². The third kappa shape index (κ3) is 3.03. The molecule has 3 nitrogen and oxygen atoms in total. The number of benzene rings is 1. The molecule has 0 bridgehead atoms. The highest BCUT2D eigenvalue weighted by molar-refractivity contribution is 6.66. The van der Waals surface area contributed by atoms with Crippen molar-refractivity contribution in [3.05, 3.63) is 41.5 Å². The first-order valence-electron chi connectivity index (χ1n) is 3.80. The maximum absolute atomic E-state index is 10.5. The van der Waals surface area contributed by atoms with Crippen molar-refractivity contribution >= 4 is 28.9 Å². The average Bonchev–Trinajstić information content (AvgIpc) is 2.15. The molecule has 4 heteroatoms. The van der Waals surface area contributed by atoms with Crippen LogP contribution in [0.2, 0.25) is 0 Å². The fourth-order valence-electron chi connectivity index (χ4n) is 0.899. The van der Waals surface area contributed by atoms with Crippen LogP contribution in [0, 0.1) is 0 Å². The maximum Gasteiger partial charge on any atom is 0.335 e. The summed E-state index contributed by atoms with van der Waals surface area (Å²) < 4.78 is 0. The Kier molecular flexibility index (Phi) is 3.42. The second-order valence-electron chi connectivity index (χ2n) is 2.56. The number of carbonyl (C=O) groups is 2. The molecule has 0 radical (unpaired) electrons. The number of aromatic carboxylic acids is 1. The van der Waals surface area contributed by atoms with Gasteiger partial charge in [-0.1, -0.05) is 18.2 Å². The first kappa shape index (κ1) is 10.5. The molecule has 0 fully saturated rings. The Morgan fingerprint density at radius 1 is 1.21 bits per heavy atom. The molecule has 1 aromatic rings. The molecule has 0 saturated carbocycles. The summed E-state index contributed by atoms with van der Waals surface area (Å²) in [4.78, 5) is 20.9. The zero-order chi connectivity index (χ0) is 10.6. The molecule has 0 amide bonds. The van der Waals surface area contributed by atoms with Gasteiger partial charge < -0.3 is 5.11 Å². The fourth-order valence-corrected chi connectivity index (χ4v) is 0.962. The Bertz CT molecular complexity index is 379. The Balaban J connectivity index is 2.83. The number of carboxylic acid groups (broad SMARTS) is 1. The average molecular weight is 211 g/mol. The van der Waals surface area contributed by atoms with Crippen LogP contribution < -0.4 is 0 Å². The number of allylic oxidation sites excluding steroid dienone is 1. The number of halogens is 1. The first-order chi connectivity index (χ1) is 6.59. The molecule has 1 aromatic carbocycles. The second kappa shape index (κ2) is 4.58. The van der Waals surface area contributed by atoms with Crippen LogP contribution in [0.4, 0.5) is 0 Å². The van der Waals surface area contributed by atoms with Crippen LogP contribution in [0.3, 0.4) is 0 Å².